The normalized spacial score (nSPS) is 20.1. The second-order valence-corrected chi connectivity index (χ2v) is 11.2. The van der Waals surface area contributed by atoms with Crippen molar-refractivity contribution in [2.45, 2.75) is 58.1 Å². The summed E-state index contributed by atoms with van der Waals surface area (Å²) in [6.07, 6.45) is 4.37. The highest BCUT2D eigenvalue weighted by Crippen LogP contribution is 2.36. The molecule has 41 heavy (non-hydrogen) atoms. The molecule has 10 nitrogen and oxygen atoms in total. The maximum atomic E-state index is 13.7. The van der Waals surface area contributed by atoms with Gasteiger partial charge in [0.05, 0.1) is 37.6 Å². The molecule has 4 amide bonds. The Labute approximate surface area is 242 Å². The first-order valence-electron chi connectivity index (χ1n) is 14.4. The molecule has 0 spiro atoms. The van der Waals surface area contributed by atoms with Crippen molar-refractivity contribution in [2.75, 3.05) is 44.5 Å². The number of para-hydroxylation sites is 1. The topological polar surface area (TPSA) is 120 Å². The van der Waals surface area contributed by atoms with Gasteiger partial charge >= 0.3 is 6.03 Å². The number of amides is 4. The number of hydrogen-bond acceptors (Lipinski definition) is 6. The SMILES string of the molecule is COc1ccc(NC(=O)N(C)C[C@H]2Oc3c(NC(=O)C4CCCCC4)cccc3C(=O)N([C@@H](C)CO)C[C@@H]2C)cc1. The van der Waals surface area contributed by atoms with E-state index in [9.17, 15) is 19.5 Å². The third kappa shape index (κ3) is 7.30. The minimum absolute atomic E-state index is 0.0719. The summed E-state index contributed by atoms with van der Waals surface area (Å²) >= 11 is 0. The molecule has 222 valence electrons. The first kappa shape index (κ1) is 30.2. The van der Waals surface area contributed by atoms with Gasteiger partial charge in [0.2, 0.25) is 5.91 Å². The summed E-state index contributed by atoms with van der Waals surface area (Å²) in [5.41, 5.74) is 1.38. The molecular formula is C31H42N4O6. The van der Waals surface area contributed by atoms with Crippen molar-refractivity contribution < 1.29 is 29.0 Å². The summed E-state index contributed by atoms with van der Waals surface area (Å²) in [5, 5.41) is 15.8. The van der Waals surface area contributed by atoms with Gasteiger partial charge in [-0.05, 0) is 56.2 Å². The number of methoxy groups -OCH3 is 1. The molecular weight excluding hydrogens is 524 g/mol. The van der Waals surface area contributed by atoms with Crippen LogP contribution in [0.3, 0.4) is 0 Å². The Kier molecular flexibility index (Phi) is 10.1. The largest absolute Gasteiger partial charge is 0.497 e. The number of rotatable bonds is 8. The van der Waals surface area contributed by atoms with E-state index in [4.69, 9.17) is 9.47 Å². The highest BCUT2D eigenvalue weighted by molar-refractivity contribution is 6.02. The van der Waals surface area contributed by atoms with Crippen LogP contribution in [0.5, 0.6) is 11.5 Å². The lowest BCUT2D eigenvalue weighted by Crippen LogP contribution is -2.50. The fourth-order valence-electron chi connectivity index (χ4n) is 5.41. The molecule has 1 fully saturated rings. The minimum Gasteiger partial charge on any atom is -0.497 e. The summed E-state index contributed by atoms with van der Waals surface area (Å²) in [6, 6.07) is 11.5. The Morgan fingerprint density at radius 3 is 2.49 bits per heavy atom. The molecule has 10 heteroatoms. The molecule has 0 bridgehead atoms. The summed E-state index contributed by atoms with van der Waals surface area (Å²) < 4.78 is 11.7. The number of aliphatic hydroxyl groups excluding tert-OH is 1. The van der Waals surface area contributed by atoms with Gasteiger partial charge in [0.1, 0.15) is 11.9 Å². The molecule has 1 aliphatic heterocycles. The second kappa shape index (κ2) is 13.7. The van der Waals surface area contributed by atoms with Gasteiger partial charge in [-0.15, -0.1) is 0 Å². The van der Waals surface area contributed by atoms with Gasteiger partial charge in [-0.2, -0.15) is 0 Å². The second-order valence-electron chi connectivity index (χ2n) is 11.2. The van der Waals surface area contributed by atoms with Crippen LogP contribution in [0.4, 0.5) is 16.2 Å². The van der Waals surface area contributed by atoms with E-state index in [0.29, 0.717) is 29.2 Å². The summed E-state index contributed by atoms with van der Waals surface area (Å²) in [7, 11) is 3.27. The third-order valence-corrected chi connectivity index (χ3v) is 8.07. The minimum atomic E-state index is -0.505. The van der Waals surface area contributed by atoms with Crippen molar-refractivity contribution in [1.29, 1.82) is 0 Å². The van der Waals surface area contributed by atoms with Gasteiger partial charge in [0, 0.05) is 31.1 Å². The first-order valence-corrected chi connectivity index (χ1v) is 14.4. The zero-order valence-corrected chi connectivity index (χ0v) is 24.4. The molecule has 0 aromatic heterocycles. The first-order chi connectivity index (χ1) is 19.7. The average Bonchev–Trinajstić information content (AvgIpc) is 2.99. The van der Waals surface area contributed by atoms with Crippen molar-refractivity contribution >= 4 is 29.2 Å². The molecule has 4 rings (SSSR count). The Balaban J connectivity index is 1.60. The average molecular weight is 567 g/mol. The van der Waals surface area contributed by atoms with E-state index in [0.717, 1.165) is 32.1 Å². The van der Waals surface area contributed by atoms with Gasteiger partial charge in [-0.3, -0.25) is 9.59 Å². The van der Waals surface area contributed by atoms with E-state index in [1.165, 1.54) is 4.90 Å². The van der Waals surface area contributed by atoms with E-state index < -0.39 is 12.1 Å². The number of benzene rings is 2. The van der Waals surface area contributed by atoms with Crippen LogP contribution < -0.4 is 20.1 Å². The quantitative estimate of drug-likeness (QED) is 0.430. The molecule has 2 aromatic carbocycles. The van der Waals surface area contributed by atoms with Crippen LogP contribution in [-0.2, 0) is 4.79 Å². The Morgan fingerprint density at radius 2 is 1.83 bits per heavy atom. The predicted octanol–water partition coefficient (Wildman–Crippen LogP) is 4.60. The van der Waals surface area contributed by atoms with Gasteiger partial charge in [0.15, 0.2) is 5.75 Å². The van der Waals surface area contributed by atoms with E-state index in [2.05, 4.69) is 10.6 Å². The number of nitrogens with zero attached hydrogens (tertiary/aromatic N) is 2. The number of hydrogen-bond donors (Lipinski definition) is 3. The molecule has 0 unspecified atom stereocenters. The van der Waals surface area contributed by atoms with Crippen LogP contribution in [0, 0.1) is 11.8 Å². The van der Waals surface area contributed by atoms with Gasteiger partial charge in [-0.25, -0.2) is 4.79 Å². The van der Waals surface area contributed by atoms with Crippen molar-refractivity contribution in [1.82, 2.24) is 9.80 Å². The standard InChI is InChI=1S/C31H42N4O6/c1-20-17-35(21(2)19-36)30(38)25-11-8-12-26(33-29(37)22-9-6-5-7-10-22)28(25)41-27(20)18-34(3)31(39)32-23-13-15-24(40-4)16-14-23/h8,11-16,20-22,27,36H,5-7,9-10,17-19H2,1-4H3,(H,32,39)(H,33,37)/t20-,21-,27+/m0/s1. The van der Waals surface area contributed by atoms with E-state index in [1.807, 2.05) is 6.92 Å². The van der Waals surface area contributed by atoms with E-state index in [1.54, 1.807) is 68.4 Å². The molecule has 1 heterocycles. The number of aliphatic hydroxyl groups is 1. The zero-order chi connectivity index (χ0) is 29.5. The zero-order valence-electron chi connectivity index (χ0n) is 24.4. The number of likely N-dealkylation sites (N-methyl/N-ethyl adjacent to an activating group) is 1. The van der Waals surface area contributed by atoms with Crippen molar-refractivity contribution in [3.8, 4) is 11.5 Å². The molecule has 1 saturated carbocycles. The highest BCUT2D eigenvalue weighted by atomic mass is 16.5. The number of nitrogens with one attached hydrogen (secondary N) is 2. The number of carbonyl (C=O) groups excluding carboxylic acids is 3. The maximum Gasteiger partial charge on any atom is 0.321 e. The Morgan fingerprint density at radius 1 is 1.12 bits per heavy atom. The molecule has 0 radical (unpaired) electrons. The summed E-state index contributed by atoms with van der Waals surface area (Å²) in [6.45, 7) is 4.12. The summed E-state index contributed by atoms with van der Waals surface area (Å²) in [4.78, 5) is 43.1. The van der Waals surface area contributed by atoms with Crippen LogP contribution in [0.25, 0.3) is 0 Å². The monoisotopic (exact) mass is 566 g/mol. The Bertz CT molecular complexity index is 1210. The van der Waals surface area contributed by atoms with Gasteiger partial charge in [0.25, 0.3) is 5.91 Å². The fraction of sp³-hybridized carbons (Fsp3) is 0.516. The van der Waals surface area contributed by atoms with Crippen molar-refractivity contribution in [3.05, 3.63) is 48.0 Å². The number of fused-ring (bicyclic) bond motifs is 1. The maximum absolute atomic E-state index is 13.7. The summed E-state index contributed by atoms with van der Waals surface area (Å²) in [5.74, 6) is 0.368. The van der Waals surface area contributed by atoms with Crippen molar-refractivity contribution in [3.63, 3.8) is 0 Å². The molecule has 0 saturated heterocycles. The third-order valence-electron chi connectivity index (χ3n) is 8.07. The van der Waals surface area contributed by atoms with E-state index in [-0.39, 0.29) is 48.6 Å². The molecule has 3 N–H and O–H groups in total. The molecule has 2 aliphatic rings. The van der Waals surface area contributed by atoms with Crippen LogP contribution in [0.15, 0.2) is 42.5 Å². The molecule has 3 atom stereocenters. The van der Waals surface area contributed by atoms with Crippen LogP contribution in [-0.4, -0.2) is 78.8 Å². The number of anilines is 2. The highest BCUT2D eigenvalue weighted by Gasteiger charge is 2.35. The number of ether oxygens (including phenoxy) is 2. The predicted molar refractivity (Wildman–Crippen MR) is 157 cm³/mol. The molecule has 2 aromatic rings. The fourth-order valence-corrected chi connectivity index (χ4v) is 5.41. The smallest absolute Gasteiger partial charge is 0.321 e. The van der Waals surface area contributed by atoms with Gasteiger partial charge < -0.3 is 35.0 Å². The molecule has 1 aliphatic carbocycles. The van der Waals surface area contributed by atoms with Gasteiger partial charge in [-0.1, -0.05) is 32.3 Å². The van der Waals surface area contributed by atoms with Crippen molar-refractivity contribution in [2.24, 2.45) is 11.8 Å². The van der Waals surface area contributed by atoms with Crippen LogP contribution >= 0.6 is 0 Å². The Hall–Kier alpha value is -3.79. The lowest BCUT2D eigenvalue weighted by molar-refractivity contribution is -0.120. The van der Waals surface area contributed by atoms with E-state index >= 15 is 0 Å². The van der Waals surface area contributed by atoms with Crippen LogP contribution in [0.1, 0.15) is 56.3 Å². The van der Waals surface area contributed by atoms with Crippen LogP contribution in [0.2, 0.25) is 0 Å². The lowest BCUT2D eigenvalue weighted by Gasteiger charge is -2.38. The lowest BCUT2D eigenvalue weighted by atomic mass is 9.88. The number of urea groups is 1. The number of carbonyl (C=O) groups is 3.